The molecule has 0 saturated heterocycles. The summed E-state index contributed by atoms with van der Waals surface area (Å²) in [5, 5.41) is 8.88. The number of carboxylic acids is 1. The van der Waals surface area contributed by atoms with Crippen LogP contribution in [0.5, 0.6) is 0 Å². The van der Waals surface area contributed by atoms with Gasteiger partial charge in [0, 0.05) is 19.5 Å². The van der Waals surface area contributed by atoms with E-state index in [0.29, 0.717) is 13.1 Å². The molecule has 1 aromatic carbocycles. The smallest absolute Gasteiger partial charge is 0.303 e. The van der Waals surface area contributed by atoms with E-state index in [4.69, 9.17) is 5.11 Å². The number of rotatable bonds is 8. The summed E-state index contributed by atoms with van der Waals surface area (Å²) in [4.78, 5) is 24.9. The molecule has 0 aliphatic carbocycles. The number of aliphatic carboxylic acids is 1. The Morgan fingerprint density at radius 3 is 2.29 bits per heavy atom. The zero-order chi connectivity index (χ0) is 15.9. The van der Waals surface area contributed by atoms with E-state index in [1.807, 2.05) is 51.1 Å². The Labute approximate surface area is 126 Å². The van der Waals surface area contributed by atoms with E-state index in [1.165, 1.54) is 5.56 Å². The molecule has 0 unspecified atom stereocenters. The van der Waals surface area contributed by atoms with Crippen LogP contribution in [0.25, 0.3) is 0 Å². The fourth-order valence-electron chi connectivity index (χ4n) is 2.36. The van der Waals surface area contributed by atoms with Gasteiger partial charge in [-0.2, -0.15) is 0 Å². The van der Waals surface area contributed by atoms with Crippen molar-refractivity contribution in [3.63, 3.8) is 0 Å². The summed E-state index contributed by atoms with van der Waals surface area (Å²) in [5.74, 6) is -0.834. The van der Waals surface area contributed by atoms with Crippen LogP contribution in [0.15, 0.2) is 30.3 Å². The summed E-state index contributed by atoms with van der Waals surface area (Å²) in [6.45, 7) is 6.92. The minimum absolute atomic E-state index is 0.00891. The van der Waals surface area contributed by atoms with Crippen LogP contribution >= 0.6 is 0 Å². The standard InChI is InChI=1S/C17H25NO3/c1-4-18(11-10-14-8-6-5-7-9-14)15(19)12-17(2,3)13-16(20)21/h5-9H,4,10-13H2,1-3H3,(H,20,21). The molecule has 0 radical (unpaired) electrons. The third-order valence-corrected chi connectivity index (χ3v) is 3.51. The number of carbonyl (C=O) groups is 2. The summed E-state index contributed by atoms with van der Waals surface area (Å²) in [6, 6.07) is 10.0. The van der Waals surface area contributed by atoms with Gasteiger partial charge < -0.3 is 10.0 Å². The molecule has 21 heavy (non-hydrogen) atoms. The highest BCUT2D eigenvalue weighted by molar-refractivity contribution is 5.78. The van der Waals surface area contributed by atoms with Crippen LogP contribution in [-0.2, 0) is 16.0 Å². The number of carbonyl (C=O) groups excluding carboxylic acids is 1. The Kier molecular flexibility index (Phi) is 6.40. The number of likely N-dealkylation sites (N-methyl/N-ethyl adjacent to an activating group) is 1. The molecule has 116 valence electrons. The van der Waals surface area contributed by atoms with Crippen LogP contribution in [0.4, 0.5) is 0 Å². The second-order valence-electron chi connectivity index (χ2n) is 6.12. The van der Waals surface area contributed by atoms with Gasteiger partial charge in [-0.15, -0.1) is 0 Å². The molecule has 1 aromatic rings. The van der Waals surface area contributed by atoms with Gasteiger partial charge in [-0.05, 0) is 24.3 Å². The molecule has 4 heteroatoms. The molecule has 0 fully saturated rings. The van der Waals surface area contributed by atoms with Crippen molar-refractivity contribution in [3.05, 3.63) is 35.9 Å². The SMILES string of the molecule is CCN(CCc1ccccc1)C(=O)CC(C)(C)CC(=O)O. The van der Waals surface area contributed by atoms with Gasteiger partial charge in [-0.25, -0.2) is 0 Å². The zero-order valence-electron chi connectivity index (χ0n) is 13.1. The van der Waals surface area contributed by atoms with Crippen LogP contribution in [0, 0.1) is 5.41 Å². The number of hydrogen-bond donors (Lipinski definition) is 1. The van der Waals surface area contributed by atoms with Crippen molar-refractivity contribution < 1.29 is 14.7 Å². The average Bonchev–Trinajstić information content (AvgIpc) is 2.38. The van der Waals surface area contributed by atoms with E-state index in [2.05, 4.69) is 0 Å². The van der Waals surface area contributed by atoms with Crippen LogP contribution in [0.3, 0.4) is 0 Å². The number of carboxylic acid groups (broad SMARTS) is 1. The highest BCUT2D eigenvalue weighted by atomic mass is 16.4. The fraction of sp³-hybridized carbons (Fsp3) is 0.529. The zero-order valence-corrected chi connectivity index (χ0v) is 13.1. The largest absolute Gasteiger partial charge is 0.481 e. The van der Waals surface area contributed by atoms with Crippen molar-refractivity contribution in [1.82, 2.24) is 4.90 Å². The maximum Gasteiger partial charge on any atom is 0.303 e. The van der Waals surface area contributed by atoms with Crippen molar-refractivity contribution >= 4 is 11.9 Å². The Morgan fingerprint density at radius 1 is 1.14 bits per heavy atom. The molecule has 0 aromatic heterocycles. The first-order chi connectivity index (χ1) is 9.84. The van der Waals surface area contributed by atoms with Gasteiger partial charge in [-0.3, -0.25) is 9.59 Å². The van der Waals surface area contributed by atoms with E-state index in [1.54, 1.807) is 4.90 Å². The van der Waals surface area contributed by atoms with Crippen molar-refractivity contribution in [2.24, 2.45) is 5.41 Å². The molecular formula is C17H25NO3. The normalized spacial score (nSPS) is 11.2. The average molecular weight is 291 g/mol. The van der Waals surface area contributed by atoms with E-state index >= 15 is 0 Å². The Balaban J connectivity index is 2.55. The Bertz CT molecular complexity index is 468. The van der Waals surface area contributed by atoms with Gasteiger partial charge in [0.15, 0.2) is 0 Å². The summed E-state index contributed by atoms with van der Waals surface area (Å²) in [5.41, 5.74) is 0.692. The van der Waals surface area contributed by atoms with Gasteiger partial charge in [0.05, 0.1) is 6.42 Å². The molecule has 0 aliphatic heterocycles. The first-order valence-electron chi connectivity index (χ1n) is 7.37. The highest BCUT2D eigenvalue weighted by Crippen LogP contribution is 2.26. The summed E-state index contributed by atoms with van der Waals surface area (Å²) in [7, 11) is 0. The lowest BCUT2D eigenvalue weighted by atomic mass is 9.85. The van der Waals surface area contributed by atoms with E-state index in [9.17, 15) is 9.59 Å². The first kappa shape index (κ1) is 17.2. The van der Waals surface area contributed by atoms with Crippen LogP contribution in [-0.4, -0.2) is 35.0 Å². The van der Waals surface area contributed by atoms with E-state index in [-0.39, 0.29) is 18.7 Å². The molecule has 4 nitrogen and oxygen atoms in total. The molecule has 0 spiro atoms. The van der Waals surface area contributed by atoms with Crippen LogP contribution in [0.2, 0.25) is 0 Å². The van der Waals surface area contributed by atoms with E-state index < -0.39 is 11.4 Å². The molecular weight excluding hydrogens is 266 g/mol. The van der Waals surface area contributed by atoms with Crippen molar-refractivity contribution in [3.8, 4) is 0 Å². The third-order valence-electron chi connectivity index (χ3n) is 3.51. The predicted molar refractivity (Wildman–Crippen MR) is 83.1 cm³/mol. The Hall–Kier alpha value is -1.84. The Morgan fingerprint density at radius 2 is 1.76 bits per heavy atom. The van der Waals surface area contributed by atoms with Gasteiger partial charge in [0.2, 0.25) is 5.91 Å². The molecule has 0 bridgehead atoms. The first-order valence-corrected chi connectivity index (χ1v) is 7.37. The molecule has 0 aliphatic rings. The van der Waals surface area contributed by atoms with Gasteiger partial charge >= 0.3 is 5.97 Å². The molecule has 0 heterocycles. The number of hydrogen-bond acceptors (Lipinski definition) is 2. The minimum atomic E-state index is -0.861. The van der Waals surface area contributed by atoms with Crippen molar-refractivity contribution in [2.75, 3.05) is 13.1 Å². The number of nitrogens with zero attached hydrogens (tertiary/aromatic N) is 1. The quantitative estimate of drug-likeness (QED) is 0.801. The number of amides is 1. The van der Waals surface area contributed by atoms with Gasteiger partial charge in [0.1, 0.15) is 0 Å². The summed E-state index contributed by atoms with van der Waals surface area (Å²) in [6.07, 6.45) is 1.09. The minimum Gasteiger partial charge on any atom is -0.481 e. The van der Waals surface area contributed by atoms with Crippen molar-refractivity contribution in [2.45, 2.75) is 40.0 Å². The third kappa shape index (κ3) is 6.43. The predicted octanol–water partition coefficient (Wildman–Crippen LogP) is 2.97. The van der Waals surface area contributed by atoms with Gasteiger partial charge in [0.25, 0.3) is 0 Å². The lowest BCUT2D eigenvalue weighted by molar-refractivity contribution is -0.140. The van der Waals surface area contributed by atoms with Gasteiger partial charge in [-0.1, -0.05) is 44.2 Å². The van der Waals surface area contributed by atoms with Crippen LogP contribution < -0.4 is 0 Å². The highest BCUT2D eigenvalue weighted by Gasteiger charge is 2.27. The number of benzene rings is 1. The van der Waals surface area contributed by atoms with Crippen LogP contribution in [0.1, 0.15) is 39.2 Å². The monoisotopic (exact) mass is 291 g/mol. The topological polar surface area (TPSA) is 57.6 Å². The van der Waals surface area contributed by atoms with Crippen molar-refractivity contribution in [1.29, 1.82) is 0 Å². The lowest BCUT2D eigenvalue weighted by Gasteiger charge is -2.27. The fourth-order valence-corrected chi connectivity index (χ4v) is 2.36. The second kappa shape index (κ2) is 7.81. The maximum absolute atomic E-state index is 12.3. The summed E-state index contributed by atoms with van der Waals surface area (Å²) >= 11 is 0. The summed E-state index contributed by atoms with van der Waals surface area (Å²) < 4.78 is 0. The molecule has 0 atom stereocenters. The molecule has 1 N–H and O–H groups in total. The lowest BCUT2D eigenvalue weighted by Crippen LogP contribution is -2.36. The second-order valence-corrected chi connectivity index (χ2v) is 6.12. The maximum atomic E-state index is 12.3. The molecule has 1 amide bonds. The van der Waals surface area contributed by atoms with E-state index in [0.717, 1.165) is 6.42 Å². The molecule has 1 rings (SSSR count). The molecule has 0 saturated carbocycles.